The second kappa shape index (κ2) is 5.86. The Balaban J connectivity index is 2.89. The van der Waals surface area contributed by atoms with Gasteiger partial charge in [0, 0.05) is 19.3 Å². The molecule has 6 heteroatoms. The minimum atomic E-state index is -4.33. The lowest BCUT2D eigenvalue weighted by atomic mass is 10.2. The summed E-state index contributed by atoms with van der Waals surface area (Å²) in [5, 5.41) is 0. The molecule has 96 valence electrons. The molecule has 0 aliphatic heterocycles. The molecule has 2 N–H and O–H groups in total. The number of rotatable bonds is 5. The SMILES string of the molecule is CCN(CCCN)c1cc(C(F)(F)F)ccn1. The molecule has 0 atom stereocenters. The van der Waals surface area contributed by atoms with Crippen LogP contribution >= 0.6 is 0 Å². The smallest absolute Gasteiger partial charge is 0.357 e. The van der Waals surface area contributed by atoms with Gasteiger partial charge in [-0.2, -0.15) is 13.2 Å². The lowest BCUT2D eigenvalue weighted by Crippen LogP contribution is -2.26. The van der Waals surface area contributed by atoms with E-state index in [2.05, 4.69) is 4.98 Å². The van der Waals surface area contributed by atoms with Crippen molar-refractivity contribution in [2.45, 2.75) is 19.5 Å². The molecule has 0 aliphatic carbocycles. The van der Waals surface area contributed by atoms with Gasteiger partial charge in [-0.05, 0) is 32.0 Å². The fraction of sp³-hybridized carbons (Fsp3) is 0.545. The Morgan fingerprint density at radius 2 is 2.12 bits per heavy atom. The molecule has 0 aromatic carbocycles. The molecular weight excluding hydrogens is 231 g/mol. The van der Waals surface area contributed by atoms with Crippen LogP contribution in [0.25, 0.3) is 0 Å². The molecule has 3 nitrogen and oxygen atoms in total. The van der Waals surface area contributed by atoms with Crippen molar-refractivity contribution in [2.24, 2.45) is 5.73 Å². The summed E-state index contributed by atoms with van der Waals surface area (Å²) in [6.45, 7) is 3.60. The van der Waals surface area contributed by atoms with Gasteiger partial charge in [-0.3, -0.25) is 0 Å². The summed E-state index contributed by atoms with van der Waals surface area (Å²) < 4.78 is 37.6. The normalized spacial score (nSPS) is 11.6. The number of halogens is 3. The number of pyridine rings is 1. The number of nitrogens with two attached hydrogens (primary N) is 1. The Morgan fingerprint density at radius 1 is 1.41 bits per heavy atom. The van der Waals surface area contributed by atoms with Crippen LogP contribution in [-0.4, -0.2) is 24.6 Å². The van der Waals surface area contributed by atoms with E-state index in [1.165, 1.54) is 6.20 Å². The van der Waals surface area contributed by atoms with Crippen LogP contribution in [0.5, 0.6) is 0 Å². The van der Waals surface area contributed by atoms with Gasteiger partial charge in [-0.1, -0.05) is 0 Å². The number of anilines is 1. The van der Waals surface area contributed by atoms with E-state index in [4.69, 9.17) is 5.73 Å². The molecular formula is C11H16F3N3. The van der Waals surface area contributed by atoms with Gasteiger partial charge >= 0.3 is 6.18 Å². The van der Waals surface area contributed by atoms with Gasteiger partial charge in [0.1, 0.15) is 5.82 Å². The van der Waals surface area contributed by atoms with Crippen molar-refractivity contribution in [3.8, 4) is 0 Å². The highest BCUT2D eigenvalue weighted by atomic mass is 19.4. The van der Waals surface area contributed by atoms with Gasteiger partial charge < -0.3 is 10.6 Å². The van der Waals surface area contributed by atoms with Crippen molar-refractivity contribution < 1.29 is 13.2 Å². The van der Waals surface area contributed by atoms with Crippen LogP contribution in [-0.2, 0) is 6.18 Å². The Labute approximate surface area is 98.4 Å². The quantitative estimate of drug-likeness (QED) is 0.868. The molecule has 1 aromatic rings. The molecule has 0 spiro atoms. The zero-order valence-corrected chi connectivity index (χ0v) is 9.67. The monoisotopic (exact) mass is 247 g/mol. The largest absolute Gasteiger partial charge is 0.416 e. The summed E-state index contributed by atoms with van der Waals surface area (Å²) in [5.74, 6) is 0.343. The molecule has 0 radical (unpaired) electrons. The van der Waals surface area contributed by atoms with Crippen molar-refractivity contribution in [2.75, 3.05) is 24.5 Å². The maximum absolute atomic E-state index is 12.5. The standard InChI is InChI=1S/C11H16F3N3/c1-2-17(7-3-5-15)10-8-9(4-6-16-10)11(12,13)14/h4,6,8H,2-3,5,7,15H2,1H3. The van der Waals surface area contributed by atoms with Gasteiger partial charge in [0.05, 0.1) is 5.56 Å². The van der Waals surface area contributed by atoms with E-state index < -0.39 is 11.7 Å². The van der Waals surface area contributed by atoms with E-state index in [9.17, 15) is 13.2 Å². The number of alkyl halides is 3. The van der Waals surface area contributed by atoms with Crippen molar-refractivity contribution in [3.63, 3.8) is 0 Å². The minimum absolute atomic E-state index is 0.343. The summed E-state index contributed by atoms with van der Waals surface area (Å²) in [6.07, 6.45) is -2.42. The molecule has 0 amide bonds. The Hall–Kier alpha value is -1.30. The summed E-state index contributed by atoms with van der Waals surface area (Å²) in [4.78, 5) is 5.74. The third-order valence-electron chi connectivity index (χ3n) is 2.41. The van der Waals surface area contributed by atoms with Crippen LogP contribution in [0.4, 0.5) is 19.0 Å². The van der Waals surface area contributed by atoms with Crippen LogP contribution in [0.15, 0.2) is 18.3 Å². The van der Waals surface area contributed by atoms with Gasteiger partial charge in [0.15, 0.2) is 0 Å². The maximum Gasteiger partial charge on any atom is 0.416 e. The van der Waals surface area contributed by atoms with Crippen LogP contribution < -0.4 is 10.6 Å². The third kappa shape index (κ3) is 3.89. The zero-order valence-electron chi connectivity index (χ0n) is 9.67. The molecule has 0 saturated heterocycles. The van der Waals surface area contributed by atoms with E-state index in [0.717, 1.165) is 18.6 Å². The summed E-state index contributed by atoms with van der Waals surface area (Å²) >= 11 is 0. The lowest BCUT2D eigenvalue weighted by Gasteiger charge is -2.22. The average Bonchev–Trinajstić information content (AvgIpc) is 2.29. The van der Waals surface area contributed by atoms with Crippen LogP contribution in [0, 0.1) is 0 Å². The molecule has 17 heavy (non-hydrogen) atoms. The van der Waals surface area contributed by atoms with E-state index >= 15 is 0 Å². The van der Waals surface area contributed by atoms with Crippen LogP contribution in [0.2, 0.25) is 0 Å². The Kier molecular flexibility index (Phi) is 4.74. The summed E-state index contributed by atoms with van der Waals surface area (Å²) in [6, 6.07) is 2.04. The predicted octanol–water partition coefficient (Wildman–Crippen LogP) is 2.28. The molecule has 1 heterocycles. The fourth-order valence-corrected chi connectivity index (χ4v) is 1.48. The summed E-state index contributed by atoms with van der Waals surface area (Å²) in [7, 11) is 0. The van der Waals surface area contributed by atoms with E-state index in [-0.39, 0.29) is 0 Å². The molecule has 0 fully saturated rings. The molecule has 0 saturated carbocycles. The second-order valence-corrected chi connectivity index (χ2v) is 3.62. The first kappa shape index (κ1) is 13.8. The van der Waals surface area contributed by atoms with Crippen LogP contribution in [0.3, 0.4) is 0 Å². The highest BCUT2D eigenvalue weighted by Crippen LogP contribution is 2.30. The predicted molar refractivity (Wildman–Crippen MR) is 60.8 cm³/mol. The number of nitrogens with zero attached hydrogens (tertiary/aromatic N) is 2. The van der Waals surface area contributed by atoms with Crippen molar-refractivity contribution in [3.05, 3.63) is 23.9 Å². The van der Waals surface area contributed by atoms with Crippen LogP contribution in [0.1, 0.15) is 18.9 Å². The van der Waals surface area contributed by atoms with E-state index in [0.29, 0.717) is 25.5 Å². The molecule has 0 unspecified atom stereocenters. The second-order valence-electron chi connectivity index (χ2n) is 3.62. The van der Waals surface area contributed by atoms with Gasteiger partial charge in [-0.15, -0.1) is 0 Å². The first-order valence-corrected chi connectivity index (χ1v) is 5.47. The fourth-order valence-electron chi connectivity index (χ4n) is 1.48. The summed E-state index contributed by atoms with van der Waals surface area (Å²) in [5.41, 5.74) is 4.71. The molecule has 1 aromatic heterocycles. The minimum Gasteiger partial charge on any atom is -0.357 e. The van der Waals surface area contributed by atoms with Gasteiger partial charge in [0.25, 0.3) is 0 Å². The van der Waals surface area contributed by atoms with E-state index in [1.807, 2.05) is 6.92 Å². The van der Waals surface area contributed by atoms with E-state index in [1.54, 1.807) is 4.90 Å². The van der Waals surface area contributed by atoms with Crippen molar-refractivity contribution in [1.82, 2.24) is 4.98 Å². The Bertz CT molecular complexity index is 352. The molecule has 0 aliphatic rings. The number of aromatic nitrogens is 1. The lowest BCUT2D eigenvalue weighted by molar-refractivity contribution is -0.137. The first-order valence-electron chi connectivity index (χ1n) is 5.47. The number of hydrogen-bond acceptors (Lipinski definition) is 3. The van der Waals surface area contributed by atoms with Gasteiger partial charge in [0.2, 0.25) is 0 Å². The highest BCUT2D eigenvalue weighted by Gasteiger charge is 2.31. The highest BCUT2D eigenvalue weighted by molar-refractivity contribution is 5.41. The zero-order chi connectivity index (χ0) is 12.9. The maximum atomic E-state index is 12.5. The van der Waals surface area contributed by atoms with Crippen molar-refractivity contribution >= 4 is 5.82 Å². The first-order chi connectivity index (χ1) is 7.99. The topological polar surface area (TPSA) is 42.1 Å². The Morgan fingerprint density at radius 3 is 2.65 bits per heavy atom. The molecule has 1 rings (SSSR count). The van der Waals surface area contributed by atoms with Crippen molar-refractivity contribution in [1.29, 1.82) is 0 Å². The van der Waals surface area contributed by atoms with Gasteiger partial charge in [-0.25, -0.2) is 4.98 Å². The average molecular weight is 247 g/mol. The third-order valence-corrected chi connectivity index (χ3v) is 2.41. The number of hydrogen-bond donors (Lipinski definition) is 1. The molecule has 0 bridgehead atoms.